The van der Waals surface area contributed by atoms with Crippen LogP contribution in [0.15, 0.2) is 29.4 Å². The first kappa shape index (κ1) is 18.0. The monoisotopic (exact) mass is 367 g/mol. The van der Waals surface area contributed by atoms with Gasteiger partial charge in [-0.15, -0.1) is 0 Å². The first-order valence-corrected chi connectivity index (χ1v) is 9.82. The average Bonchev–Trinajstić information content (AvgIpc) is 3.32. The number of likely N-dealkylation sites (tertiary alicyclic amines) is 1. The molecule has 0 aromatic carbocycles. The molecule has 1 aliphatic heterocycles. The van der Waals surface area contributed by atoms with Crippen molar-refractivity contribution in [3.05, 3.63) is 41.3 Å². The van der Waals surface area contributed by atoms with Crippen molar-refractivity contribution in [2.45, 2.75) is 51.7 Å². The Labute approximate surface area is 160 Å². The second kappa shape index (κ2) is 7.68. The number of guanidine groups is 1. The Balaban J connectivity index is 1.30. The van der Waals surface area contributed by atoms with Crippen LogP contribution < -0.4 is 10.6 Å². The van der Waals surface area contributed by atoms with Crippen LogP contribution in [0.5, 0.6) is 0 Å². The standard InChI is InChI=1S/C20H29N7/c1-14-10-15(2)27(25-14)19-7-4-16(11-22-19)12-23-20(21-3)24-17-8-9-26(13-17)18-5-6-18/h4,7,10-11,17-18H,5-6,8-9,12-13H2,1-3H3,(H2,21,23,24). The van der Waals surface area contributed by atoms with Crippen molar-refractivity contribution in [2.24, 2.45) is 4.99 Å². The number of aliphatic imine (C=N–C) groups is 1. The van der Waals surface area contributed by atoms with Crippen molar-refractivity contribution >= 4 is 5.96 Å². The lowest BCUT2D eigenvalue weighted by molar-refractivity contribution is 0.321. The van der Waals surface area contributed by atoms with Crippen molar-refractivity contribution < 1.29 is 0 Å². The smallest absolute Gasteiger partial charge is 0.191 e. The van der Waals surface area contributed by atoms with Crippen molar-refractivity contribution in [2.75, 3.05) is 20.1 Å². The zero-order valence-corrected chi connectivity index (χ0v) is 16.4. The van der Waals surface area contributed by atoms with Crippen molar-refractivity contribution in [1.29, 1.82) is 0 Å². The maximum absolute atomic E-state index is 4.56. The van der Waals surface area contributed by atoms with Gasteiger partial charge >= 0.3 is 0 Å². The largest absolute Gasteiger partial charge is 0.352 e. The van der Waals surface area contributed by atoms with E-state index in [0.717, 1.165) is 41.3 Å². The van der Waals surface area contributed by atoms with E-state index in [9.17, 15) is 0 Å². The van der Waals surface area contributed by atoms with Crippen molar-refractivity contribution in [3.8, 4) is 5.82 Å². The molecule has 7 heteroatoms. The Hall–Kier alpha value is -2.41. The molecule has 2 aromatic heterocycles. The first-order valence-electron chi connectivity index (χ1n) is 9.82. The predicted molar refractivity (Wildman–Crippen MR) is 107 cm³/mol. The summed E-state index contributed by atoms with van der Waals surface area (Å²) in [6, 6.07) is 7.49. The highest BCUT2D eigenvalue weighted by molar-refractivity contribution is 5.80. The molecule has 7 nitrogen and oxygen atoms in total. The SMILES string of the molecule is CN=C(NCc1ccc(-n2nc(C)cc2C)nc1)NC1CCN(C2CC2)C1. The van der Waals surface area contributed by atoms with Gasteiger partial charge in [-0.1, -0.05) is 6.07 Å². The van der Waals surface area contributed by atoms with Crippen LogP contribution in [0.4, 0.5) is 0 Å². The Kier molecular flexibility index (Phi) is 5.11. The summed E-state index contributed by atoms with van der Waals surface area (Å²) < 4.78 is 1.87. The fourth-order valence-corrected chi connectivity index (χ4v) is 3.76. The second-order valence-corrected chi connectivity index (χ2v) is 7.65. The summed E-state index contributed by atoms with van der Waals surface area (Å²) in [6.45, 7) is 7.07. The maximum atomic E-state index is 4.56. The molecule has 0 amide bonds. The van der Waals surface area contributed by atoms with E-state index in [1.54, 1.807) is 0 Å². The number of hydrogen-bond donors (Lipinski definition) is 2. The molecule has 0 bridgehead atoms. The van der Waals surface area contributed by atoms with Gasteiger partial charge in [0.05, 0.1) is 5.69 Å². The summed E-state index contributed by atoms with van der Waals surface area (Å²) in [5, 5.41) is 11.4. The lowest BCUT2D eigenvalue weighted by Crippen LogP contribution is -2.44. The van der Waals surface area contributed by atoms with Gasteiger partial charge in [0.15, 0.2) is 11.8 Å². The van der Waals surface area contributed by atoms with E-state index in [4.69, 9.17) is 0 Å². The molecular formula is C20H29N7. The zero-order chi connectivity index (χ0) is 18.8. The molecule has 2 aliphatic rings. The molecule has 2 N–H and O–H groups in total. The van der Waals surface area contributed by atoms with Gasteiger partial charge in [-0.25, -0.2) is 9.67 Å². The van der Waals surface area contributed by atoms with Crippen LogP contribution in [-0.2, 0) is 6.54 Å². The molecule has 2 aromatic rings. The summed E-state index contributed by atoms with van der Waals surface area (Å²) in [6.07, 6.45) is 5.84. The molecule has 0 spiro atoms. The number of rotatable bonds is 5. The van der Waals surface area contributed by atoms with E-state index in [0.29, 0.717) is 12.6 Å². The van der Waals surface area contributed by atoms with Crippen LogP contribution in [-0.4, -0.2) is 57.8 Å². The normalized spacial score (nSPS) is 20.9. The summed E-state index contributed by atoms with van der Waals surface area (Å²) in [4.78, 5) is 11.5. The van der Waals surface area contributed by atoms with E-state index in [1.165, 1.54) is 25.8 Å². The highest BCUT2D eigenvalue weighted by Gasteiger charge is 2.34. The summed E-state index contributed by atoms with van der Waals surface area (Å²) in [7, 11) is 1.83. The number of pyridine rings is 1. The zero-order valence-electron chi connectivity index (χ0n) is 16.4. The van der Waals surface area contributed by atoms with Gasteiger partial charge in [-0.3, -0.25) is 9.89 Å². The lowest BCUT2D eigenvalue weighted by Gasteiger charge is -2.18. The van der Waals surface area contributed by atoms with Gasteiger partial charge in [-0.2, -0.15) is 5.10 Å². The molecule has 0 radical (unpaired) electrons. The van der Waals surface area contributed by atoms with Crippen LogP contribution >= 0.6 is 0 Å². The van der Waals surface area contributed by atoms with Crippen LogP contribution in [0.1, 0.15) is 36.2 Å². The van der Waals surface area contributed by atoms with Crippen molar-refractivity contribution in [1.82, 2.24) is 30.3 Å². The Bertz CT molecular complexity index is 804. The molecule has 27 heavy (non-hydrogen) atoms. The third-order valence-electron chi connectivity index (χ3n) is 5.34. The molecular weight excluding hydrogens is 338 g/mol. The second-order valence-electron chi connectivity index (χ2n) is 7.65. The number of aromatic nitrogens is 3. The van der Waals surface area contributed by atoms with E-state index in [-0.39, 0.29) is 0 Å². The Morgan fingerprint density at radius 2 is 2.11 bits per heavy atom. The van der Waals surface area contributed by atoms with Gasteiger partial charge < -0.3 is 10.6 Å². The molecule has 144 valence electrons. The maximum Gasteiger partial charge on any atom is 0.191 e. The van der Waals surface area contributed by atoms with E-state index < -0.39 is 0 Å². The van der Waals surface area contributed by atoms with Crippen molar-refractivity contribution in [3.63, 3.8) is 0 Å². The highest BCUT2D eigenvalue weighted by atomic mass is 15.3. The molecule has 3 heterocycles. The van der Waals surface area contributed by atoms with Gasteiger partial charge in [0.2, 0.25) is 0 Å². The van der Waals surface area contributed by atoms with E-state index in [1.807, 2.05) is 37.8 Å². The topological polar surface area (TPSA) is 70.4 Å². The summed E-state index contributed by atoms with van der Waals surface area (Å²) in [5.74, 6) is 1.71. The minimum Gasteiger partial charge on any atom is -0.352 e. The third-order valence-corrected chi connectivity index (χ3v) is 5.34. The predicted octanol–water partition coefficient (Wildman–Crippen LogP) is 1.79. The third kappa shape index (κ3) is 4.30. The van der Waals surface area contributed by atoms with Crippen LogP contribution in [0.3, 0.4) is 0 Å². The number of hydrogen-bond acceptors (Lipinski definition) is 4. The Morgan fingerprint density at radius 3 is 2.74 bits per heavy atom. The van der Waals surface area contributed by atoms with E-state index in [2.05, 4.69) is 42.7 Å². The van der Waals surface area contributed by atoms with Crippen LogP contribution in [0.25, 0.3) is 5.82 Å². The summed E-state index contributed by atoms with van der Waals surface area (Å²) >= 11 is 0. The lowest BCUT2D eigenvalue weighted by atomic mass is 10.2. The number of aryl methyl sites for hydroxylation is 2. The highest BCUT2D eigenvalue weighted by Crippen LogP contribution is 2.29. The number of nitrogens with one attached hydrogen (secondary N) is 2. The molecule has 1 unspecified atom stereocenters. The molecule has 1 aliphatic carbocycles. The molecule has 2 fully saturated rings. The fourth-order valence-electron chi connectivity index (χ4n) is 3.76. The van der Waals surface area contributed by atoms with Crippen LogP contribution in [0.2, 0.25) is 0 Å². The number of nitrogens with zero attached hydrogens (tertiary/aromatic N) is 5. The van der Waals surface area contributed by atoms with Gasteiger partial charge in [-0.05, 0) is 50.8 Å². The molecule has 1 saturated heterocycles. The Morgan fingerprint density at radius 1 is 1.26 bits per heavy atom. The van der Waals surface area contributed by atoms with E-state index >= 15 is 0 Å². The van der Waals surface area contributed by atoms with Gasteiger partial charge in [0, 0.05) is 50.7 Å². The fraction of sp³-hybridized carbons (Fsp3) is 0.550. The van der Waals surface area contributed by atoms with Gasteiger partial charge in [0.25, 0.3) is 0 Å². The average molecular weight is 368 g/mol. The quantitative estimate of drug-likeness (QED) is 0.623. The summed E-state index contributed by atoms with van der Waals surface area (Å²) in [5.41, 5.74) is 3.21. The molecule has 4 rings (SSSR count). The first-order chi connectivity index (χ1) is 13.1. The minimum absolute atomic E-state index is 0.489. The van der Waals surface area contributed by atoms with Crippen LogP contribution in [0, 0.1) is 13.8 Å². The minimum atomic E-state index is 0.489. The molecule has 1 atom stereocenters. The molecule has 1 saturated carbocycles. The van der Waals surface area contributed by atoms with Gasteiger partial charge in [0.1, 0.15) is 0 Å².